The standard InChI is InChI=1S/C15H12F3NO/c1-10(20)13-7-2-3-8-14(13)19-12-6-4-5-11(9-12)15(16,17)18/h2-9,19H,1H3. The summed E-state index contributed by atoms with van der Waals surface area (Å²) in [7, 11) is 0. The maximum Gasteiger partial charge on any atom is 0.416 e. The lowest BCUT2D eigenvalue weighted by molar-refractivity contribution is -0.137. The molecule has 0 spiro atoms. The molecule has 0 heterocycles. The van der Waals surface area contributed by atoms with Crippen LogP contribution in [0, 0.1) is 0 Å². The van der Waals surface area contributed by atoms with Crippen LogP contribution < -0.4 is 5.32 Å². The minimum atomic E-state index is -4.39. The molecule has 0 aliphatic rings. The van der Waals surface area contributed by atoms with Gasteiger partial charge in [-0.1, -0.05) is 18.2 Å². The first kappa shape index (κ1) is 14.1. The number of hydrogen-bond donors (Lipinski definition) is 1. The topological polar surface area (TPSA) is 29.1 Å². The van der Waals surface area contributed by atoms with Crippen LogP contribution in [0.1, 0.15) is 22.8 Å². The highest BCUT2D eigenvalue weighted by molar-refractivity contribution is 6.00. The minimum Gasteiger partial charge on any atom is -0.355 e. The molecule has 0 aromatic heterocycles. The van der Waals surface area contributed by atoms with Gasteiger partial charge < -0.3 is 5.32 Å². The fourth-order valence-electron chi connectivity index (χ4n) is 1.83. The normalized spacial score (nSPS) is 11.2. The zero-order valence-corrected chi connectivity index (χ0v) is 10.7. The van der Waals surface area contributed by atoms with Crippen molar-refractivity contribution in [2.75, 3.05) is 5.32 Å². The Morgan fingerprint density at radius 3 is 2.40 bits per heavy atom. The monoisotopic (exact) mass is 279 g/mol. The molecular formula is C15H12F3NO. The van der Waals surface area contributed by atoms with Crippen LogP contribution in [0.25, 0.3) is 0 Å². The van der Waals surface area contributed by atoms with Crippen molar-refractivity contribution < 1.29 is 18.0 Å². The lowest BCUT2D eigenvalue weighted by Crippen LogP contribution is -2.06. The Hall–Kier alpha value is -2.30. The Bertz CT molecular complexity index is 635. The molecule has 20 heavy (non-hydrogen) atoms. The van der Waals surface area contributed by atoms with E-state index in [0.29, 0.717) is 11.3 Å². The first-order valence-electron chi connectivity index (χ1n) is 5.92. The number of ketones is 1. The molecule has 0 amide bonds. The maximum absolute atomic E-state index is 12.6. The Morgan fingerprint density at radius 2 is 1.75 bits per heavy atom. The molecule has 5 heteroatoms. The predicted molar refractivity (Wildman–Crippen MR) is 71.2 cm³/mol. The Morgan fingerprint density at radius 1 is 1.05 bits per heavy atom. The van der Waals surface area contributed by atoms with Gasteiger partial charge >= 0.3 is 6.18 Å². The number of benzene rings is 2. The van der Waals surface area contributed by atoms with Crippen molar-refractivity contribution in [2.24, 2.45) is 0 Å². The molecule has 0 bridgehead atoms. The zero-order chi connectivity index (χ0) is 14.8. The summed E-state index contributed by atoms with van der Waals surface area (Å²) in [6, 6.07) is 11.5. The molecule has 2 rings (SSSR count). The van der Waals surface area contributed by atoms with E-state index in [4.69, 9.17) is 0 Å². The number of para-hydroxylation sites is 1. The van der Waals surface area contributed by atoms with Gasteiger partial charge in [-0.2, -0.15) is 13.2 Å². The van der Waals surface area contributed by atoms with E-state index < -0.39 is 11.7 Å². The van der Waals surface area contributed by atoms with E-state index in [2.05, 4.69) is 5.32 Å². The molecular weight excluding hydrogens is 267 g/mol. The molecule has 0 atom stereocenters. The van der Waals surface area contributed by atoms with Gasteiger partial charge in [-0.3, -0.25) is 4.79 Å². The highest BCUT2D eigenvalue weighted by Crippen LogP contribution is 2.31. The van der Waals surface area contributed by atoms with Crippen molar-refractivity contribution in [3.63, 3.8) is 0 Å². The summed E-state index contributed by atoms with van der Waals surface area (Å²) < 4.78 is 37.9. The number of alkyl halides is 3. The van der Waals surface area contributed by atoms with E-state index in [0.717, 1.165) is 12.1 Å². The van der Waals surface area contributed by atoms with E-state index in [9.17, 15) is 18.0 Å². The van der Waals surface area contributed by atoms with Crippen LogP contribution >= 0.6 is 0 Å². The van der Waals surface area contributed by atoms with Gasteiger partial charge in [0.1, 0.15) is 0 Å². The average Bonchev–Trinajstić information content (AvgIpc) is 2.38. The third-order valence-electron chi connectivity index (χ3n) is 2.78. The minimum absolute atomic E-state index is 0.153. The molecule has 0 aliphatic carbocycles. The second-order valence-electron chi connectivity index (χ2n) is 4.31. The zero-order valence-electron chi connectivity index (χ0n) is 10.7. The van der Waals surface area contributed by atoms with Crippen LogP contribution in [0.2, 0.25) is 0 Å². The third kappa shape index (κ3) is 3.17. The van der Waals surface area contributed by atoms with Gasteiger partial charge in [0, 0.05) is 16.9 Å². The summed E-state index contributed by atoms with van der Waals surface area (Å²) in [6.07, 6.45) is -4.39. The van der Waals surface area contributed by atoms with E-state index in [1.165, 1.54) is 19.1 Å². The molecule has 0 saturated heterocycles. The van der Waals surface area contributed by atoms with Gasteiger partial charge in [-0.15, -0.1) is 0 Å². The number of carbonyl (C=O) groups is 1. The third-order valence-corrected chi connectivity index (χ3v) is 2.78. The molecule has 0 fully saturated rings. The number of halogens is 3. The van der Waals surface area contributed by atoms with Gasteiger partial charge in [-0.25, -0.2) is 0 Å². The van der Waals surface area contributed by atoms with E-state index >= 15 is 0 Å². The van der Waals surface area contributed by atoms with Crippen LogP contribution in [-0.4, -0.2) is 5.78 Å². The number of anilines is 2. The quantitative estimate of drug-likeness (QED) is 0.828. The Balaban J connectivity index is 2.34. The van der Waals surface area contributed by atoms with Gasteiger partial charge in [-0.05, 0) is 37.3 Å². The van der Waals surface area contributed by atoms with Gasteiger partial charge in [0.25, 0.3) is 0 Å². The second-order valence-corrected chi connectivity index (χ2v) is 4.31. The molecule has 2 nitrogen and oxygen atoms in total. The van der Waals surface area contributed by atoms with Crippen molar-refractivity contribution in [1.82, 2.24) is 0 Å². The van der Waals surface area contributed by atoms with Crippen LogP contribution in [0.15, 0.2) is 48.5 Å². The van der Waals surface area contributed by atoms with E-state index in [1.54, 1.807) is 24.3 Å². The molecule has 0 aliphatic heterocycles. The number of nitrogens with one attached hydrogen (secondary N) is 1. The molecule has 104 valence electrons. The first-order valence-corrected chi connectivity index (χ1v) is 5.92. The maximum atomic E-state index is 12.6. The smallest absolute Gasteiger partial charge is 0.355 e. The number of carbonyl (C=O) groups excluding carboxylic acids is 1. The summed E-state index contributed by atoms with van der Waals surface area (Å²) >= 11 is 0. The van der Waals surface area contributed by atoms with Crippen molar-refractivity contribution in [3.8, 4) is 0 Å². The van der Waals surface area contributed by atoms with Crippen molar-refractivity contribution in [3.05, 3.63) is 59.7 Å². The summed E-state index contributed by atoms with van der Waals surface area (Å²) in [5.74, 6) is -0.153. The molecule has 1 N–H and O–H groups in total. The van der Waals surface area contributed by atoms with E-state index in [-0.39, 0.29) is 11.5 Å². The van der Waals surface area contributed by atoms with Crippen LogP contribution in [0.3, 0.4) is 0 Å². The Kier molecular flexibility index (Phi) is 3.79. The SMILES string of the molecule is CC(=O)c1ccccc1Nc1cccc(C(F)(F)F)c1. The summed E-state index contributed by atoms with van der Waals surface area (Å²) in [5.41, 5.74) is 0.473. The summed E-state index contributed by atoms with van der Waals surface area (Å²) in [6.45, 7) is 1.41. The predicted octanol–water partition coefficient (Wildman–Crippen LogP) is 4.65. The molecule has 0 unspecified atom stereocenters. The molecule has 2 aromatic carbocycles. The van der Waals surface area contributed by atoms with E-state index in [1.807, 2.05) is 0 Å². The highest BCUT2D eigenvalue weighted by Gasteiger charge is 2.30. The fourth-order valence-corrected chi connectivity index (χ4v) is 1.83. The van der Waals surface area contributed by atoms with Crippen LogP contribution in [0.5, 0.6) is 0 Å². The summed E-state index contributed by atoms with van der Waals surface area (Å²) in [4.78, 5) is 11.5. The van der Waals surface area contributed by atoms with Gasteiger partial charge in [0.2, 0.25) is 0 Å². The second kappa shape index (κ2) is 5.36. The van der Waals surface area contributed by atoms with Crippen molar-refractivity contribution in [2.45, 2.75) is 13.1 Å². The van der Waals surface area contributed by atoms with Crippen molar-refractivity contribution >= 4 is 17.2 Å². The average molecular weight is 279 g/mol. The molecule has 2 aromatic rings. The largest absolute Gasteiger partial charge is 0.416 e. The number of Topliss-reactive ketones (excluding diaryl/α,β-unsaturated/α-hetero) is 1. The van der Waals surface area contributed by atoms with Gasteiger partial charge in [0.15, 0.2) is 5.78 Å². The lowest BCUT2D eigenvalue weighted by Gasteiger charge is -2.12. The molecule has 0 saturated carbocycles. The van der Waals surface area contributed by atoms with Crippen molar-refractivity contribution in [1.29, 1.82) is 0 Å². The summed E-state index contributed by atoms with van der Waals surface area (Å²) in [5, 5.41) is 2.85. The lowest BCUT2D eigenvalue weighted by atomic mass is 10.1. The van der Waals surface area contributed by atoms with Gasteiger partial charge in [0.05, 0.1) is 5.56 Å². The Labute approximate surface area is 114 Å². The number of hydrogen-bond acceptors (Lipinski definition) is 2. The highest BCUT2D eigenvalue weighted by atomic mass is 19.4. The first-order chi connectivity index (χ1) is 9.38. The van der Waals surface area contributed by atoms with Crippen LogP contribution in [-0.2, 0) is 6.18 Å². The number of rotatable bonds is 3. The van der Waals surface area contributed by atoms with Crippen LogP contribution in [0.4, 0.5) is 24.5 Å². The molecule has 0 radical (unpaired) electrons. The fraction of sp³-hybridized carbons (Fsp3) is 0.133.